The molecule has 0 bridgehead atoms. The van der Waals surface area contributed by atoms with Crippen LogP contribution in [0, 0.1) is 5.82 Å². The summed E-state index contributed by atoms with van der Waals surface area (Å²) in [5.41, 5.74) is 2.07. The summed E-state index contributed by atoms with van der Waals surface area (Å²) in [4.78, 5) is 16.4. The van der Waals surface area contributed by atoms with E-state index in [1.807, 2.05) is 31.2 Å². The molecule has 2 N–H and O–H groups in total. The zero-order chi connectivity index (χ0) is 18.4. The average molecular weight is 351 g/mol. The summed E-state index contributed by atoms with van der Waals surface area (Å²) in [6.45, 7) is 2.47. The smallest absolute Gasteiger partial charge is 0.274 e. The number of nitrogens with one attached hydrogen (secondary N) is 2. The van der Waals surface area contributed by atoms with Gasteiger partial charge in [0, 0.05) is 17.6 Å². The van der Waals surface area contributed by atoms with Crippen LogP contribution in [0.1, 0.15) is 17.4 Å². The van der Waals surface area contributed by atoms with Crippen LogP contribution in [0.4, 0.5) is 21.5 Å². The van der Waals surface area contributed by atoms with Crippen LogP contribution in [0.3, 0.4) is 0 Å². The molecule has 0 aliphatic rings. The summed E-state index contributed by atoms with van der Waals surface area (Å²) in [5, 5.41) is 5.85. The van der Waals surface area contributed by atoms with Gasteiger partial charge >= 0.3 is 0 Å². The second-order valence-corrected chi connectivity index (χ2v) is 5.45. The van der Waals surface area contributed by atoms with Gasteiger partial charge in [0.25, 0.3) is 5.91 Å². The monoisotopic (exact) mass is 351 g/mol. The molecule has 0 atom stereocenters. The van der Waals surface area contributed by atoms with E-state index in [1.165, 1.54) is 24.4 Å². The predicted molar refractivity (Wildman–Crippen MR) is 99.5 cm³/mol. The zero-order valence-corrected chi connectivity index (χ0v) is 14.2. The van der Waals surface area contributed by atoms with Crippen LogP contribution in [0.15, 0.2) is 66.9 Å². The van der Waals surface area contributed by atoms with Crippen LogP contribution in [0.25, 0.3) is 0 Å². The maximum absolute atomic E-state index is 13.2. The molecule has 1 aromatic heterocycles. The molecule has 0 aliphatic heterocycles. The fourth-order valence-corrected chi connectivity index (χ4v) is 2.40. The van der Waals surface area contributed by atoms with Crippen molar-refractivity contribution in [2.45, 2.75) is 6.92 Å². The lowest BCUT2D eigenvalue weighted by Gasteiger charge is -2.12. The van der Waals surface area contributed by atoms with Gasteiger partial charge in [-0.3, -0.25) is 9.78 Å². The van der Waals surface area contributed by atoms with Crippen molar-refractivity contribution in [3.8, 4) is 5.75 Å². The van der Waals surface area contributed by atoms with Crippen LogP contribution >= 0.6 is 0 Å². The van der Waals surface area contributed by atoms with Gasteiger partial charge in [-0.05, 0) is 49.4 Å². The van der Waals surface area contributed by atoms with E-state index in [4.69, 9.17) is 4.74 Å². The molecule has 3 aromatic rings. The van der Waals surface area contributed by atoms with Crippen molar-refractivity contribution in [1.82, 2.24) is 4.98 Å². The molecule has 132 valence electrons. The minimum Gasteiger partial charge on any atom is -0.492 e. The SMILES string of the molecule is CCOc1ccccc1Nc1ccnc(C(=O)Nc2cccc(F)c2)c1. The summed E-state index contributed by atoms with van der Waals surface area (Å²) < 4.78 is 18.8. The Balaban J connectivity index is 1.77. The molecule has 3 rings (SSSR count). The van der Waals surface area contributed by atoms with Gasteiger partial charge in [-0.1, -0.05) is 18.2 Å². The molecule has 6 heteroatoms. The lowest BCUT2D eigenvalue weighted by atomic mass is 10.2. The highest BCUT2D eigenvalue weighted by atomic mass is 19.1. The first kappa shape index (κ1) is 17.4. The number of aromatic nitrogens is 1. The molecule has 1 amide bonds. The number of hydrogen-bond donors (Lipinski definition) is 2. The van der Waals surface area contributed by atoms with Crippen LogP contribution < -0.4 is 15.4 Å². The highest BCUT2D eigenvalue weighted by molar-refractivity contribution is 6.03. The number of hydrogen-bond acceptors (Lipinski definition) is 4. The maximum Gasteiger partial charge on any atom is 0.274 e. The Labute approximate surface area is 150 Å². The Morgan fingerprint density at radius 2 is 1.92 bits per heavy atom. The zero-order valence-electron chi connectivity index (χ0n) is 14.2. The van der Waals surface area contributed by atoms with E-state index in [1.54, 1.807) is 18.2 Å². The van der Waals surface area contributed by atoms with Gasteiger partial charge in [-0.15, -0.1) is 0 Å². The van der Waals surface area contributed by atoms with Gasteiger partial charge in [0.05, 0.1) is 12.3 Å². The Bertz CT molecular complexity index is 915. The molecule has 0 unspecified atom stereocenters. The van der Waals surface area contributed by atoms with Crippen molar-refractivity contribution < 1.29 is 13.9 Å². The lowest BCUT2D eigenvalue weighted by molar-refractivity contribution is 0.102. The molecule has 0 saturated heterocycles. The molecular weight excluding hydrogens is 333 g/mol. The third kappa shape index (κ3) is 4.36. The van der Waals surface area contributed by atoms with Gasteiger partial charge in [0.2, 0.25) is 0 Å². The number of amides is 1. The first-order chi connectivity index (χ1) is 12.7. The number of ether oxygens (including phenoxy) is 1. The second-order valence-electron chi connectivity index (χ2n) is 5.45. The number of para-hydroxylation sites is 2. The third-order valence-electron chi connectivity index (χ3n) is 3.54. The third-order valence-corrected chi connectivity index (χ3v) is 3.54. The molecule has 0 radical (unpaired) electrons. The topological polar surface area (TPSA) is 63.2 Å². The molecule has 1 heterocycles. The largest absolute Gasteiger partial charge is 0.492 e. The van der Waals surface area contributed by atoms with E-state index in [0.717, 1.165) is 11.4 Å². The van der Waals surface area contributed by atoms with Crippen LogP contribution in [-0.2, 0) is 0 Å². The predicted octanol–water partition coefficient (Wildman–Crippen LogP) is 4.62. The van der Waals surface area contributed by atoms with Gasteiger partial charge < -0.3 is 15.4 Å². The van der Waals surface area contributed by atoms with E-state index in [0.29, 0.717) is 18.0 Å². The first-order valence-electron chi connectivity index (χ1n) is 8.17. The number of carbonyl (C=O) groups is 1. The molecule has 0 spiro atoms. The maximum atomic E-state index is 13.2. The van der Waals surface area contributed by atoms with Crippen LogP contribution in [0.5, 0.6) is 5.75 Å². The van der Waals surface area contributed by atoms with E-state index in [9.17, 15) is 9.18 Å². The van der Waals surface area contributed by atoms with Crippen LogP contribution in [-0.4, -0.2) is 17.5 Å². The molecule has 0 aliphatic carbocycles. The number of anilines is 3. The molecule has 2 aromatic carbocycles. The molecule has 26 heavy (non-hydrogen) atoms. The van der Waals surface area contributed by atoms with Gasteiger partial charge in [-0.25, -0.2) is 4.39 Å². The van der Waals surface area contributed by atoms with Gasteiger partial charge in [0.1, 0.15) is 17.3 Å². The molecule has 0 fully saturated rings. The van der Waals surface area contributed by atoms with E-state index < -0.39 is 11.7 Å². The molecule has 0 saturated carbocycles. The van der Waals surface area contributed by atoms with Crippen LogP contribution in [0.2, 0.25) is 0 Å². The summed E-state index contributed by atoms with van der Waals surface area (Å²) in [6.07, 6.45) is 1.53. The highest BCUT2D eigenvalue weighted by Crippen LogP contribution is 2.27. The standard InChI is InChI=1S/C20H18FN3O2/c1-2-26-19-9-4-3-8-17(19)23-16-10-11-22-18(13-16)20(25)24-15-7-5-6-14(21)12-15/h3-13H,2H2,1H3,(H,22,23)(H,24,25). The van der Waals surface area contributed by atoms with Gasteiger partial charge in [-0.2, -0.15) is 0 Å². The Hall–Kier alpha value is -3.41. The number of rotatable bonds is 6. The normalized spacial score (nSPS) is 10.2. The Morgan fingerprint density at radius 1 is 1.08 bits per heavy atom. The van der Waals surface area contributed by atoms with Crippen molar-refractivity contribution in [2.75, 3.05) is 17.2 Å². The Morgan fingerprint density at radius 3 is 2.73 bits per heavy atom. The molecular formula is C20H18FN3O2. The van der Waals surface area contributed by atoms with E-state index in [2.05, 4.69) is 15.6 Å². The minimum atomic E-state index is -0.419. The fraction of sp³-hybridized carbons (Fsp3) is 0.100. The fourth-order valence-electron chi connectivity index (χ4n) is 2.40. The summed E-state index contributed by atoms with van der Waals surface area (Å²) >= 11 is 0. The number of halogens is 1. The summed E-state index contributed by atoms with van der Waals surface area (Å²) in [5.74, 6) is -0.117. The van der Waals surface area contributed by atoms with Crippen molar-refractivity contribution in [2.24, 2.45) is 0 Å². The summed E-state index contributed by atoms with van der Waals surface area (Å²) in [7, 11) is 0. The number of benzene rings is 2. The summed E-state index contributed by atoms with van der Waals surface area (Å²) in [6, 6.07) is 16.6. The number of nitrogens with zero attached hydrogens (tertiary/aromatic N) is 1. The van der Waals surface area contributed by atoms with E-state index >= 15 is 0 Å². The quantitative estimate of drug-likeness (QED) is 0.680. The average Bonchev–Trinajstić information content (AvgIpc) is 2.64. The molecule has 5 nitrogen and oxygen atoms in total. The lowest BCUT2D eigenvalue weighted by Crippen LogP contribution is -2.14. The van der Waals surface area contributed by atoms with E-state index in [-0.39, 0.29) is 5.69 Å². The van der Waals surface area contributed by atoms with Crippen molar-refractivity contribution >= 4 is 23.0 Å². The number of pyridine rings is 1. The van der Waals surface area contributed by atoms with Crippen molar-refractivity contribution in [3.05, 3.63) is 78.4 Å². The minimum absolute atomic E-state index is 0.216. The highest BCUT2D eigenvalue weighted by Gasteiger charge is 2.10. The first-order valence-corrected chi connectivity index (χ1v) is 8.17. The van der Waals surface area contributed by atoms with Crippen molar-refractivity contribution in [3.63, 3.8) is 0 Å². The second kappa shape index (κ2) is 8.11. The van der Waals surface area contributed by atoms with Crippen molar-refractivity contribution in [1.29, 1.82) is 0 Å². The van der Waals surface area contributed by atoms with Gasteiger partial charge in [0.15, 0.2) is 0 Å². The Kier molecular flexibility index (Phi) is 5.43. The number of carbonyl (C=O) groups excluding carboxylic acids is 1.